The second-order valence-corrected chi connectivity index (χ2v) is 9.89. The molecule has 3 aromatic carbocycles. The van der Waals surface area contributed by atoms with Crippen molar-refractivity contribution in [2.45, 2.75) is 24.3 Å². The Morgan fingerprint density at radius 2 is 1.61 bits per heavy atom. The van der Waals surface area contributed by atoms with E-state index in [9.17, 15) is 18.3 Å². The highest BCUT2D eigenvalue weighted by molar-refractivity contribution is 7.92. The number of benzene rings is 3. The fourth-order valence-electron chi connectivity index (χ4n) is 3.56. The van der Waals surface area contributed by atoms with Crippen molar-refractivity contribution in [1.82, 2.24) is 9.97 Å². The maximum absolute atomic E-state index is 13.3. The van der Waals surface area contributed by atoms with E-state index < -0.39 is 22.1 Å². The van der Waals surface area contributed by atoms with Gasteiger partial charge in [0.25, 0.3) is 10.0 Å². The van der Waals surface area contributed by atoms with Crippen molar-refractivity contribution in [2.24, 2.45) is 0 Å². The predicted octanol–water partition coefficient (Wildman–Crippen LogP) is 3.57. The number of carboxylic acids is 1. The van der Waals surface area contributed by atoms with E-state index in [1.54, 1.807) is 42.5 Å². The van der Waals surface area contributed by atoms with Crippen molar-refractivity contribution in [2.75, 3.05) is 23.8 Å². The van der Waals surface area contributed by atoms with E-state index >= 15 is 0 Å². The predicted molar refractivity (Wildman–Crippen MR) is 142 cm³/mol. The number of anilines is 3. The topological polar surface area (TPSA) is 160 Å². The van der Waals surface area contributed by atoms with Crippen LogP contribution < -0.4 is 19.5 Å². The molecule has 11 nitrogen and oxygen atoms in total. The molecule has 0 bridgehead atoms. The van der Waals surface area contributed by atoms with Crippen molar-refractivity contribution in [3.63, 3.8) is 0 Å². The Kier molecular flexibility index (Phi) is 7.93. The molecule has 0 aliphatic heterocycles. The number of hydrogen-bond acceptors (Lipinski definition) is 9. The lowest BCUT2D eigenvalue weighted by Gasteiger charge is -2.17. The molecule has 0 saturated carbocycles. The second kappa shape index (κ2) is 11.3. The van der Waals surface area contributed by atoms with Gasteiger partial charge in [-0.3, -0.25) is 4.72 Å². The standard InChI is InChI=1S/C26H26N4O7S/c1-16(26(32)33)37-18-9-11-20(12-10-18)38(34,35)30-25-24(27-21-5-3-4-6-22(21)28-25)29-23-15-19(36-2)8-7-17(23)13-14-31/h3-12,15-16,31H,13-14H2,1-2H3,(H,27,29)(H,28,30)(H,32,33). The summed E-state index contributed by atoms with van der Waals surface area (Å²) in [7, 11) is -2.59. The fraction of sp³-hybridized carbons (Fsp3) is 0.192. The van der Waals surface area contributed by atoms with E-state index in [0.717, 1.165) is 5.56 Å². The highest BCUT2D eigenvalue weighted by Crippen LogP contribution is 2.31. The number of para-hydroxylation sites is 2. The van der Waals surface area contributed by atoms with Gasteiger partial charge in [-0.15, -0.1) is 0 Å². The molecule has 12 heteroatoms. The smallest absolute Gasteiger partial charge is 0.344 e. The van der Waals surface area contributed by atoms with Crippen molar-refractivity contribution in [3.8, 4) is 11.5 Å². The number of ether oxygens (including phenoxy) is 2. The number of aliphatic hydroxyl groups excluding tert-OH is 1. The number of fused-ring (bicyclic) bond motifs is 1. The van der Waals surface area contributed by atoms with Gasteiger partial charge in [0, 0.05) is 18.4 Å². The van der Waals surface area contributed by atoms with Gasteiger partial charge in [-0.25, -0.2) is 23.2 Å². The third kappa shape index (κ3) is 6.10. The molecule has 38 heavy (non-hydrogen) atoms. The van der Waals surface area contributed by atoms with Crippen LogP contribution in [0, 0.1) is 0 Å². The minimum absolute atomic E-state index is 0.0405. The van der Waals surface area contributed by atoms with E-state index in [4.69, 9.17) is 14.6 Å². The van der Waals surface area contributed by atoms with Crippen molar-refractivity contribution in [3.05, 3.63) is 72.3 Å². The van der Waals surface area contributed by atoms with E-state index in [1.165, 1.54) is 38.3 Å². The summed E-state index contributed by atoms with van der Waals surface area (Å²) in [5, 5.41) is 21.6. The lowest BCUT2D eigenvalue weighted by atomic mass is 10.1. The van der Waals surface area contributed by atoms with Gasteiger partial charge in [0.2, 0.25) is 0 Å². The molecule has 198 valence electrons. The third-order valence-corrected chi connectivity index (χ3v) is 6.90. The van der Waals surface area contributed by atoms with Crippen molar-refractivity contribution in [1.29, 1.82) is 0 Å². The molecule has 0 saturated heterocycles. The SMILES string of the molecule is COc1ccc(CCO)c(Nc2nc3ccccc3nc2NS(=O)(=O)c2ccc(OC(C)C(=O)O)cc2)c1. The number of aliphatic carboxylic acids is 1. The minimum atomic E-state index is -4.12. The Morgan fingerprint density at radius 1 is 0.974 bits per heavy atom. The summed E-state index contributed by atoms with van der Waals surface area (Å²) in [5.41, 5.74) is 2.35. The molecule has 4 N–H and O–H groups in total. The van der Waals surface area contributed by atoms with Crippen LogP contribution in [0.25, 0.3) is 11.0 Å². The number of aromatic nitrogens is 2. The summed E-state index contributed by atoms with van der Waals surface area (Å²) in [4.78, 5) is 20.0. The lowest BCUT2D eigenvalue weighted by Crippen LogP contribution is -2.22. The summed E-state index contributed by atoms with van der Waals surface area (Å²) in [6.45, 7) is 1.28. The van der Waals surface area contributed by atoms with Gasteiger partial charge in [0.15, 0.2) is 17.7 Å². The first-order chi connectivity index (χ1) is 18.2. The van der Waals surface area contributed by atoms with Crippen molar-refractivity contribution < 1.29 is 32.9 Å². The number of methoxy groups -OCH3 is 1. The average Bonchev–Trinajstić information content (AvgIpc) is 2.90. The molecule has 0 fully saturated rings. The summed E-state index contributed by atoms with van der Waals surface area (Å²) in [6, 6.07) is 17.6. The van der Waals surface area contributed by atoms with Crippen LogP contribution in [0.5, 0.6) is 11.5 Å². The zero-order valence-corrected chi connectivity index (χ0v) is 21.4. The first kappa shape index (κ1) is 26.6. The third-order valence-electron chi connectivity index (χ3n) is 5.55. The molecular formula is C26H26N4O7S. The second-order valence-electron chi connectivity index (χ2n) is 8.21. The van der Waals surface area contributed by atoms with E-state index in [2.05, 4.69) is 20.0 Å². The quantitative estimate of drug-likeness (QED) is 0.222. The first-order valence-corrected chi connectivity index (χ1v) is 13.0. The van der Waals surface area contributed by atoms with Gasteiger partial charge < -0.3 is 25.0 Å². The molecule has 0 radical (unpaired) electrons. The van der Waals surface area contributed by atoms with Gasteiger partial charge in [-0.1, -0.05) is 18.2 Å². The molecule has 1 unspecified atom stereocenters. The molecule has 0 aliphatic carbocycles. The van der Waals surface area contributed by atoms with E-state index in [1.807, 2.05) is 0 Å². The van der Waals surface area contributed by atoms with Crippen molar-refractivity contribution >= 4 is 44.3 Å². The Labute approximate surface area is 219 Å². The summed E-state index contributed by atoms with van der Waals surface area (Å²) < 4.78 is 39.6. The lowest BCUT2D eigenvalue weighted by molar-refractivity contribution is -0.144. The zero-order valence-electron chi connectivity index (χ0n) is 20.6. The molecule has 4 rings (SSSR count). The minimum Gasteiger partial charge on any atom is -0.497 e. The number of rotatable bonds is 11. The van der Waals surface area contributed by atoms with Crippen LogP contribution in [0.2, 0.25) is 0 Å². The van der Waals surface area contributed by atoms with Gasteiger partial charge >= 0.3 is 5.97 Å². The fourth-order valence-corrected chi connectivity index (χ4v) is 4.57. The zero-order chi connectivity index (χ0) is 27.3. The monoisotopic (exact) mass is 538 g/mol. The normalized spacial score (nSPS) is 12.1. The molecule has 0 aliphatic rings. The van der Waals surface area contributed by atoms with Crippen LogP contribution >= 0.6 is 0 Å². The largest absolute Gasteiger partial charge is 0.497 e. The van der Waals surface area contributed by atoms with Crippen LogP contribution in [0.3, 0.4) is 0 Å². The Bertz CT molecular complexity index is 1560. The summed E-state index contributed by atoms with van der Waals surface area (Å²) >= 11 is 0. The number of sulfonamides is 1. The van der Waals surface area contributed by atoms with Crippen LogP contribution in [-0.2, 0) is 21.2 Å². The van der Waals surface area contributed by atoms with Gasteiger partial charge in [-0.2, -0.15) is 0 Å². The summed E-state index contributed by atoms with van der Waals surface area (Å²) in [5.74, 6) is -0.265. The molecule has 0 amide bonds. The summed E-state index contributed by atoms with van der Waals surface area (Å²) in [6.07, 6.45) is -0.743. The maximum Gasteiger partial charge on any atom is 0.344 e. The maximum atomic E-state index is 13.3. The van der Waals surface area contributed by atoms with Gasteiger partial charge in [0.05, 0.1) is 23.0 Å². The molecule has 0 spiro atoms. The van der Waals surface area contributed by atoms with Gasteiger partial charge in [-0.05, 0) is 61.4 Å². The van der Waals surface area contributed by atoms with Crippen LogP contribution in [0.15, 0.2) is 71.6 Å². The first-order valence-electron chi connectivity index (χ1n) is 11.5. The number of carboxylic acid groups (broad SMARTS) is 1. The number of carbonyl (C=O) groups is 1. The number of hydrogen-bond donors (Lipinski definition) is 4. The Morgan fingerprint density at radius 3 is 2.21 bits per heavy atom. The molecular weight excluding hydrogens is 512 g/mol. The van der Waals surface area contributed by atoms with Crippen LogP contribution in [0.1, 0.15) is 12.5 Å². The highest BCUT2D eigenvalue weighted by atomic mass is 32.2. The van der Waals surface area contributed by atoms with E-state index in [-0.39, 0.29) is 28.9 Å². The number of nitrogens with zero attached hydrogens (tertiary/aromatic N) is 2. The molecule has 4 aromatic rings. The molecule has 1 heterocycles. The number of nitrogens with one attached hydrogen (secondary N) is 2. The van der Waals surface area contributed by atoms with Crippen LogP contribution in [0.4, 0.5) is 17.3 Å². The van der Waals surface area contributed by atoms with E-state index in [0.29, 0.717) is 28.9 Å². The van der Waals surface area contributed by atoms with Gasteiger partial charge in [0.1, 0.15) is 11.5 Å². The van der Waals surface area contributed by atoms with Crippen LogP contribution in [-0.4, -0.2) is 54.4 Å². The molecule has 1 aromatic heterocycles. The molecule has 1 atom stereocenters. The average molecular weight is 539 g/mol. The highest BCUT2D eigenvalue weighted by Gasteiger charge is 2.21. The Hall–Kier alpha value is -4.42. The number of aliphatic hydroxyl groups is 1. The Balaban J connectivity index is 1.70.